The molecule has 4 heterocycles. The molecule has 3 atom stereocenters. The summed E-state index contributed by atoms with van der Waals surface area (Å²) < 4.78 is 47.7. The van der Waals surface area contributed by atoms with E-state index in [1.807, 2.05) is 19.9 Å². The van der Waals surface area contributed by atoms with E-state index in [-0.39, 0.29) is 53.6 Å². The average Bonchev–Trinajstić information content (AvgIpc) is 3.35. The molecule has 2 aromatic carbocycles. The van der Waals surface area contributed by atoms with E-state index in [9.17, 15) is 37.6 Å². The zero-order valence-corrected chi connectivity index (χ0v) is 36.1. The van der Waals surface area contributed by atoms with Crippen molar-refractivity contribution < 1.29 is 37.1 Å². The van der Waals surface area contributed by atoms with Crippen LogP contribution in [0, 0.1) is 11.3 Å². The van der Waals surface area contributed by atoms with Gasteiger partial charge in [-0.3, -0.25) is 39.2 Å². The third-order valence-electron chi connectivity index (χ3n) is 11.1. The van der Waals surface area contributed by atoms with Gasteiger partial charge in [-0.25, -0.2) is 4.98 Å². The maximum Gasteiger partial charge on any atom is 0.419 e. The molecular weight excluding hydrogens is 835 g/mol. The van der Waals surface area contributed by atoms with Crippen LogP contribution in [0.5, 0.6) is 5.75 Å². The minimum Gasteiger partial charge on any atom is -0.492 e. The smallest absolute Gasteiger partial charge is 0.419 e. The van der Waals surface area contributed by atoms with Crippen LogP contribution in [0.4, 0.5) is 35.9 Å². The lowest BCUT2D eigenvalue weighted by atomic mass is 9.98. The fourth-order valence-corrected chi connectivity index (χ4v) is 8.59. The van der Waals surface area contributed by atoms with E-state index in [0.29, 0.717) is 60.5 Å². The summed E-state index contributed by atoms with van der Waals surface area (Å²) in [6, 6.07) is 12.1. The monoisotopic (exact) mass is 881 g/mol. The minimum atomic E-state index is -4.87. The highest BCUT2D eigenvalue weighted by atomic mass is 35.5. The zero-order chi connectivity index (χ0) is 44.6. The van der Waals surface area contributed by atoms with Gasteiger partial charge in [0.05, 0.1) is 24.0 Å². The van der Waals surface area contributed by atoms with Gasteiger partial charge in [0, 0.05) is 60.2 Å². The van der Waals surface area contributed by atoms with E-state index in [1.54, 1.807) is 49.1 Å². The number of benzene rings is 2. The van der Waals surface area contributed by atoms with E-state index in [0.717, 1.165) is 22.7 Å². The van der Waals surface area contributed by atoms with Crippen LogP contribution in [-0.2, 0) is 25.4 Å². The van der Waals surface area contributed by atoms with Crippen LogP contribution < -0.4 is 30.5 Å². The van der Waals surface area contributed by atoms with Crippen LogP contribution in [-0.4, -0.2) is 100.0 Å². The number of carbonyl (C=O) groups excluding carboxylic acids is 4. The number of amides is 4. The van der Waals surface area contributed by atoms with Gasteiger partial charge in [0.25, 0.3) is 5.91 Å². The second kappa shape index (κ2) is 17.9. The molecule has 1 unspecified atom stereocenters. The topological polar surface area (TPSA) is 163 Å². The van der Waals surface area contributed by atoms with E-state index in [1.165, 1.54) is 6.07 Å². The number of pyridine rings is 1. The van der Waals surface area contributed by atoms with E-state index < -0.39 is 40.8 Å². The first kappa shape index (κ1) is 45.2. The Kier molecular flexibility index (Phi) is 13.3. The number of nitrogens with zero attached hydrogens (tertiary/aromatic N) is 6. The molecule has 0 saturated carbocycles. The lowest BCUT2D eigenvalue weighted by Crippen LogP contribution is -2.58. The van der Waals surface area contributed by atoms with Gasteiger partial charge in [0.15, 0.2) is 10.8 Å². The number of aromatic nitrogens is 1. The maximum atomic E-state index is 13.8. The van der Waals surface area contributed by atoms with Crippen molar-refractivity contribution in [1.82, 2.24) is 20.1 Å². The molecule has 0 spiro atoms. The quantitative estimate of drug-likeness (QED) is 0.138. The van der Waals surface area contributed by atoms with Gasteiger partial charge in [0.2, 0.25) is 17.7 Å². The molecule has 14 nitrogen and oxygen atoms in total. The van der Waals surface area contributed by atoms with Gasteiger partial charge in [-0.05, 0) is 100 Å². The Morgan fingerprint density at radius 3 is 2.43 bits per heavy atom. The summed E-state index contributed by atoms with van der Waals surface area (Å²) in [5, 5.41) is 17.9. The van der Waals surface area contributed by atoms with E-state index in [2.05, 4.69) is 44.6 Å². The summed E-state index contributed by atoms with van der Waals surface area (Å²) in [6.45, 7) is 13.9. The van der Waals surface area contributed by atoms with Crippen LogP contribution in [0.2, 0.25) is 5.02 Å². The van der Waals surface area contributed by atoms with Crippen molar-refractivity contribution in [2.45, 2.75) is 90.1 Å². The Labute approximate surface area is 362 Å². The number of alkyl halides is 3. The zero-order valence-electron chi connectivity index (χ0n) is 34.5. The molecule has 1 aromatic heterocycles. The molecule has 324 valence electrons. The van der Waals surface area contributed by atoms with Crippen molar-refractivity contribution in [3.8, 4) is 11.8 Å². The van der Waals surface area contributed by atoms with Crippen molar-refractivity contribution in [2.24, 2.45) is 0 Å². The number of hydrogen-bond donors (Lipinski definition) is 3. The molecule has 0 radical (unpaired) electrons. The summed E-state index contributed by atoms with van der Waals surface area (Å²) in [5.41, 5.74) is -1.10. The molecule has 0 aliphatic carbocycles. The largest absolute Gasteiger partial charge is 0.492 e. The van der Waals surface area contributed by atoms with Crippen LogP contribution in [0.15, 0.2) is 48.7 Å². The number of imide groups is 1. The summed E-state index contributed by atoms with van der Waals surface area (Å²) in [7, 11) is 0. The molecule has 61 heavy (non-hydrogen) atoms. The van der Waals surface area contributed by atoms with Crippen LogP contribution >= 0.6 is 23.8 Å². The number of nitriles is 1. The molecule has 3 N–H and O–H groups in total. The lowest BCUT2D eigenvalue weighted by Gasteiger charge is -2.43. The number of carbonyl (C=O) groups is 4. The van der Waals surface area contributed by atoms with Gasteiger partial charge >= 0.3 is 6.18 Å². The number of hydrogen-bond acceptors (Lipinski definition) is 11. The van der Waals surface area contributed by atoms with Crippen molar-refractivity contribution >= 4 is 75.3 Å². The van der Waals surface area contributed by atoms with Gasteiger partial charge in [-0.2, -0.15) is 18.4 Å². The normalized spacial score (nSPS) is 21.1. The predicted octanol–water partition coefficient (Wildman–Crippen LogP) is 6.29. The minimum absolute atomic E-state index is 0.00755. The highest BCUT2D eigenvalue weighted by Gasteiger charge is 2.51. The third-order valence-corrected chi connectivity index (χ3v) is 11.7. The number of piperidine rings is 1. The Balaban J connectivity index is 1.06. The average molecular weight is 882 g/mol. The van der Waals surface area contributed by atoms with E-state index >= 15 is 0 Å². The Hall–Kier alpha value is -5.35. The van der Waals surface area contributed by atoms with Crippen LogP contribution in [0.25, 0.3) is 0 Å². The second-order valence-electron chi connectivity index (χ2n) is 16.3. The fraction of sp³-hybridized carbons (Fsp3) is 0.452. The van der Waals surface area contributed by atoms with Gasteiger partial charge in [-0.1, -0.05) is 25.4 Å². The van der Waals surface area contributed by atoms with Gasteiger partial charge in [0.1, 0.15) is 30.0 Å². The first-order chi connectivity index (χ1) is 28.7. The summed E-state index contributed by atoms with van der Waals surface area (Å²) in [6.07, 6.45) is -3.26. The standard InChI is InChI=1S/C42H47ClF3N9O5S/c1-23(2)31-16-29(55-40(61)54(39(59)41(55,5)6)30-17-32(42(44,45)46)34(18-47)48-19-30)7-9-35(31)60-12-11-52-20-25(4)53(21-24(52)3)22-37(57)50-28-14-26(43)13-27(15-28)49-33-8-10-36(56)51-38(33)58/h7,9,13-17,19,23-25,33,49H,8,10-12,20-22H2,1-6H3,(H,50,57)(H,51,56,58)/t24-,25-,33?/m1/s1. The predicted molar refractivity (Wildman–Crippen MR) is 229 cm³/mol. The number of halogens is 4. The highest BCUT2D eigenvalue weighted by Crippen LogP contribution is 2.41. The highest BCUT2D eigenvalue weighted by molar-refractivity contribution is 7.81. The number of piperazine rings is 1. The fourth-order valence-electron chi connectivity index (χ4n) is 7.83. The Morgan fingerprint density at radius 2 is 1.75 bits per heavy atom. The molecule has 4 amide bonds. The lowest BCUT2D eigenvalue weighted by molar-refractivity contribution is -0.138. The molecule has 3 aliphatic heterocycles. The van der Waals surface area contributed by atoms with Gasteiger partial charge in [-0.15, -0.1) is 0 Å². The first-order valence-electron chi connectivity index (χ1n) is 19.8. The number of ether oxygens (including phenoxy) is 1. The Morgan fingerprint density at radius 1 is 1.07 bits per heavy atom. The van der Waals surface area contributed by atoms with Crippen LogP contribution in [0.3, 0.4) is 0 Å². The van der Waals surface area contributed by atoms with Crippen LogP contribution in [0.1, 0.15) is 77.1 Å². The molecule has 6 rings (SSSR count). The molecule has 3 aromatic rings. The SMILES string of the molecule is CC(C)c1cc(N2C(=S)N(c3cnc(C#N)c(C(F)(F)F)c3)C(=O)C2(C)C)ccc1OCCN1C[C@@H](C)N(CC(=O)Nc2cc(Cl)cc(NC3CCC(=O)NC3=O)c2)C[C@H]1C. The second-order valence-corrected chi connectivity index (χ2v) is 17.1. The van der Waals surface area contributed by atoms with Crippen molar-refractivity contribution in [1.29, 1.82) is 5.26 Å². The number of nitrogens with one attached hydrogen (secondary N) is 3. The molecule has 3 fully saturated rings. The number of rotatable bonds is 12. The summed E-state index contributed by atoms with van der Waals surface area (Å²) in [4.78, 5) is 61.5. The maximum absolute atomic E-state index is 13.8. The van der Waals surface area contributed by atoms with Crippen molar-refractivity contribution in [3.63, 3.8) is 0 Å². The third kappa shape index (κ3) is 9.91. The molecule has 3 aliphatic rings. The van der Waals surface area contributed by atoms with Gasteiger partial charge < -0.3 is 20.3 Å². The molecular formula is C42H47ClF3N9O5S. The summed E-state index contributed by atoms with van der Waals surface area (Å²) in [5.74, 6) is -0.857. The molecule has 0 bridgehead atoms. The number of thiocarbonyl (C=S) groups is 1. The Bertz CT molecular complexity index is 2290. The first-order valence-corrected chi connectivity index (χ1v) is 20.6. The molecule has 19 heteroatoms. The van der Waals surface area contributed by atoms with E-state index in [4.69, 9.17) is 28.6 Å². The molecule has 3 saturated heterocycles. The van der Waals surface area contributed by atoms with Crippen molar-refractivity contribution in [2.75, 3.05) is 53.2 Å². The van der Waals surface area contributed by atoms with Crippen molar-refractivity contribution in [3.05, 3.63) is 70.5 Å². The number of anilines is 4. The summed E-state index contributed by atoms with van der Waals surface area (Å²) >= 11 is 12.1.